The standard InChI is InChI=1S/C20H27N5O3.ClH/c26-18(5-1-3-14-6-7-16-17(11-14)23-20(28)22-16)24-9-2-4-15(13-24)25-10-8-21-12-19(25)27;/h6-7,11,15,21H,1-5,8-10,12-13H2,(H2,22,23,28);1H. The molecule has 1 aromatic carbocycles. The molecule has 2 aliphatic rings. The lowest BCUT2D eigenvalue weighted by Gasteiger charge is -2.41. The van der Waals surface area contributed by atoms with Gasteiger partial charge in [0, 0.05) is 38.6 Å². The Labute approximate surface area is 175 Å². The van der Waals surface area contributed by atoms with E-state index >= 15 is 0 Å². The Hall–Kier alpha value is -2.32. The van der Waals surface area contributed by atoms with Crippen molar-refractivity contribution in [1.29, 1.82) is 0 Å². The molecule has 2 amide bonds. The number of likely N-dealkylation sites (tertiary alicyclic amines) is 1. The highest BCUT2D eigenvalue weighted by Crippen LogP contribution is 2.19. The third-order valence-corrected chi connectivity index (χ3v) is 5.75. The van der Waals surface area contributed by atoms with Crippen molar-refractivity contribution in [2.24, 2.45) is 0 Å². The quantitative estimate of drug-likeness (QED) is 0.671. The fourth-order valence-corrected chi connectivity index (χ4v) is 4.28. The first-order valence-corrected chi connectivity index (χ1v) is 10.1. The maximum absolute atomic E-state index is 12.7. The number of piperazine rings is 1. The number of aromatic nitrogens is 2. The SMILES string of the molecule is Cl.O=C(CCCc1ccc2[nH]c(=O)[nH]c2c1)N1CCCC(N2CCNCC2=O)C1. The summed E-state index contributed by atoms with van der Waals surface area (Å²) in [4.78, 5) is 45.5. The number of halogens is 1. The molecule has 2 aromatic rings. The van der Waals surface area contributed by atoms with E-state index in [9.17, 15) is 14.4 Å². The molecule has 4 rings (SSSR count). The molecule has 0 saturated carbocycles. The Bertz CT molecular complexity index is 924. The molecular weight excluding hydrogens is 394 g/mol. The molecule has 2 aliphatic heterocycles. The van der Waals surface area contributed by atoms with Crippen LogP contribution in [0.5, 0.6) is 0 Å². The van der Waals surface area contributed by atoms with Crippen LogP contribution >= 0.6 is 12.4 Å². The lowest BCUT2D eigenvalue weighted by atomic mass is 10.0. The number of amides is 2. The number of H-pyrrole nitrogens is 2. The number of imidazole rings is 1. The van der Waals surface area contributed by atoms with Crippen molar-refractivity contribution in [3.05, 3.63) is 34.2 Å². The third-order valence-electron chi connectivity index (χ3n) is 5.75. The van der Waals surface area contributed by atoms with E-state index in [1.165, 1.54) is 0 Å². The van der Waals surface area contributed by atoms with Crippen molar-refractivity contribution in [2.45, 2.75) is 38.1 Å². The highest BCUT2D eigenvalue weighted by molar-refractivity contribution is 5.85. The van der Waals surface area contributed by atoms with Crippen LogP contribution in [0.4, 0.5) is 0 Å². The van der Waals surface area contributed by atoms with Crippen molar-refractivity contribution in [1.82, 2.24) is 25.1 Å². The normalized spacial score (nSPS) is 20.0. The van der Waals surface area contributed by atoms with Crippen LogP contribution in [0, 0.1) is 0 Å². The molecule has 2 fully saturated rings. The molecule has 1 aromatic heterocycles. The number of rotatable bonds is 5. The van der Waals surface area contributed by atoms with E-state index in [1.807, 2.05) is 28.0 Å². The average molecular weight is 422 g/mol. The zero-order valence-corrected chi connectivity index (χ0v) is 17.2. The fraction of sp³-hybridized carbons (Fsp3) is 0.550. The largest absolute Gasteiger partial charge is 0.341 e. The van der Waals surface area contributed by atoms with E-state index in [0.717, 1.165) is 61.9 Å². The van der Waals surface area contributed by atoms with E-state index in [0.29, 0.717) is 19.5 Å². The molecular formula is C20H28ClN5O3. The highest BCUT2D eigenvalue weighted by Gasteiger charge is 2.31. The van der Waals surface area contributed by atoms with E-state index in [-0.39, 0.29) is 36.0 Å². The van der Waals surface area contributed by atoms with Crippen molar-refractivity contribution in [3.63, 3.8) is 0 Å². The fourth-order valence-electron chi connectivity index (χ4n) is 4.28. The molecule has 1 atom stereocenters. The lowest BCUT2D eigenvalue weighted by molar-refractivity contribution is -0.140. The van der Waals surface area contributed by atoms with Gasteiger partial charge in [-0.3, -0.25) is 9.59 Å². The molecule has 0 spiro atoms. The van der Waals surface area contributed by atoms with Crippen LogP contribution in [0.2, 0.25) is 0 Å². The van der Waals surface area contributed by atoms with Gasteiger partial charge < -0.3 is 25.1 Å². The number of aromatic amines is 2. The lowest BCUT2D eigenvalue weighted by Crippen LogP contribution is -2.57. The molecule has 3 N–H and O–H groups in total. The van der Waals surface area contributed by atoms with Gasteiger partial charge >= 0.3 is 5.69 Å². The number of piperidine rings is 1. The van der Waals surface area contributed by atoms with Crippen LogP contribution in [0.3, 0.4) is 0 Å². The number of aryl methyl sites for hydroxylation is 1. The number of hydrogen-bond donors (Lipinski definition) is 3. The topological polar surface area (TPSA) is 101 Å². The van der Waals surface area contributed by atoms with Crippen LogP contribution in [0.1, 0.15) is 31.2 Å². The minimum atomic E-state index is -0.204. The second-order valence-corrected chi connectivity index (χ2v) is 7.71. The zero-order valence-electron chi connectivity index (χ0n) is 16.4. The molecule has 1 unspecified atom stereocenters. The second-order valence-electron chi connectivity index (χ2n) is 7.71. The molecule has 9 heteroatoms. The summed E-state index contributed by atoms with van der Waals surface area (Å²) in [5.74, 6) is 0.312. The predicted octanol–water partition coefficient (Wildman–Crippen LogP) is 1.02. The highest BCUT2D eigenvalue weighted by atomic mass is 35.5. The van der Waals surface area contributed by atoms with Gasteiger partial charge in [-0.1, -0.05) is 6.07 Å². The van der Waals surface area contributed by atoms with Gasteiger partial charge in [0.25, 0.3) is 0 Å². The van der Waals surface area contributed by atoms with E-state index in [4.69, 9.17) is 0 Å². The Balaban J connectivity index is 0.00000240. The monoisotopic (exact) mass is 421 g/mol. The minimum absolute atomic E-state index is 0. The first-order chi connectivity index (χ1) is 13.6. The van der Waals surface area contributed by atoms with Gasteiger partial charge in [-0.15, -0.1) is 12.4 Å². The summed E-state index contributed by atoms with van der Waals surface area (Å²) in [5, 5.41) is 3.10. The van der Waals surface area contributed by atoms with Crippen LogP contribution in [-0.2, 0) is 16.0 Å². The van der Waals surface area contributed by atoms with Crippen LogP contribution in [0.15, 0.2) is 23.0 Å². The number of nitrogens with zero attached hydrogens (tertiary/aromatic N) is 2. The van der Waals surface area contributed by atoms with Crippen LogP contribution in [-0.4, -0.2) is 70.3 Å². The molecule has 0 bridgehead atoms. The van der Waals surface area contributed by atoms with Crippen LogP contribution in [0.25, 0.3) is 11.0 Å². The van der Waals surface area contributed by atoms with Crippen molar-refractivity contribution < 1.29 is 9.59 Å². The molecule has 8 nitrogen and oxygen atoms in total. The van der Waals surface area contributed by atoms with Crippen molar-refractivity contribution >= 4 is 35.3 Å². The minimum Gasteiger partial charge on any atom is -0.341 e. The Kier molecular flexibility index (Phi) is 6.97. The average Bonchev–Trinajstić information content (AvgIpc) is 3.07. The van der Waals surface area contributed by atoms with E-state index in [2.05, 4.69) is 15.3 Å². The zero-order chi connectivity index (χ0) is 19.5. The first kappa shape index (κ1) is 21.4. The maximum Gasteiger partial charge on any atom is 0.323 e. The van der Waals surface area contributed by atoms with Gasteiger partial charge in [-0.05, 0) is 43.4 Å². The van der Waals surface area contributed by atoms with Gasteiger partial charge in [-0.2, -0.15) is 0 Å². The Morgan fingerprint density at radius 2 is 1.97 bits per heavy atom. The number of carbonyl (C=O) groups excluding carboxylic acids is 2. The van der Waals surface area contributed by atoms with Crippen LogP contribution < -0.4 is 11.0 Å². The van der Waals surface area contributed by atoms with Gasteiger partial charge in [0.15, 0.2) is 0 Å². The molecule has 0 aliphatic carbocycles. The molecule has 0 radical (unpaired) electrons. The van der Waals surface area contributed by atoms with Gasteiger partial charge in [0.2, 0.25) is 11.8 Å². The number of nitrogens with one attached hydrogen (secondary N) is 3. The molecule has 158 valence electrons. The van der Waals surface area contributed by atoms with Gasteiger partial charge in [0.05, 0.1) is 17.6 Å². The summed E-state index contributed by atoms with van der Waals surface area (Å²) in [5.41, 5.74) is 2.50. The van der Waals surface area contributed by atoms with E-state index in [1.54, 1.807) is 0 Å². The number of carbonyl (C=O) groups is 2. The number of fused-ring (bicyclic) bond motifs is 1. The second kappa shape index (κ2) is 9.45. The Morgan fingerprint density at radius 3 is 2.79 bits per heavy atom. The van der Waals surface area contributed by atoms with Crippen molar-refractivity contribution in [2.75, 3.05) is 32.7 Å². The Morgan fingerprint density at radius 1 is 1.14 bits per heavy atom. The molecule has 3 heterocycles. The summed E-state index contributed by atoms with van der Waals surface area (Å²) < 4.78 is 0. The summed E-state index contributed by atoms with van der Waals surface area (Å²) in [6.45, 7) is 3.40. The number of benzene rings is 1. The third kappa shape index (κ3) is 5.00. The summed E-state index contributed by atoms with van der Waals surface area (Å²) in [6.07, 6.45) is 3.99. The summed E-state index contributed by atoms with van der Waals surface area (Å²) in [7, 11) is 0. The molecule has 29 heavy (non-hydrogen) atoms. The van der Waals surface area contributed by atoms with Gasteiger partial charge in [-0.25, -0.2) is 4.79 Å². The smallest absolute Gasteiger partial charge is 0.323 e. The number of hydrogen-bond acceptors (Lipinski definition) is 4. The summed E-state index contributed by atoms with van der Waals surface area (Å²) in [6, 6.07) is 6.00. The van der Waals surface area contributed by atoms with E-state index < -0.39 is 0 Å². The van der Waals surface area contributed by atoms with Crippen molar-refractivity contribution in [3.8, 4) is 0 Å². The molecule has 2 saturated heterocycles. The summed E-state index contributed by atoms with van der Waals surface area (Å²) >= 11 is 0. The van der Waals surface area contributed by atoms with Gasteiger partial charge in [0.1, 0.15) is 0 Å². The maximum atomic E-state index is 12.7. The predicted molar refractivity (Wildman–Crippen MR) is 113 cm³/mol. The first-order valence-electron chi connectivity index (χ1n) is 10.1.